The third-order valence-electron chi connectivity index (χ3n) is 7.97. The summed E-state index contributed by atoms with van der Waals surface area (Å²) < 4.78 is 12.8. The fourth-order valence-electron chi connectivity index (χ4n) is 6.46. The van der Waals surface area contributed by atoms with Crippen LogP contribution in [-0.2, 0) is 14.9 Å². The standard InChI is InChI=1S/C33H28O4/c1-21(2)33-26-19-11-9-17-24(26)28(25-18-10-12-20-27(25)33)29(36-31(34)22-13-5-3-6-14-22)30(33)37-32(35)23-15-7-4-8-16-23/h3-21,28-30H,1-2H3/t28-,29?,30?,33+. The first-order valence-electron chi connectivity index (χ1n) is 12.7. The highest BCUT2D eigenvalue weighted by Gasteiger charge is 2.63. The number of rotatable bonds is 5. The highest BCUT2D eigenvalue weighted by atomic mass is 16.6. The number of fused-ring (bicyclic) bond motifs is 1. The van der Waals surface area contributed by atoms with Gasteiger partial charge in [0.15, 0.2) is 12.2 Å². The van der Waals surface area contributed by atoms with Crippen LogP contribution in [0.1, 0.15) is 62.7 Å². The van der Waals surface area contributed by atoms with Crippen molar-refractivity contribution >= 4 is 11.9 Å². The molecule has 4 aromatic carbocycles. The third kappa shape index (κ3) is 3.51. The summed E-state index contributed by atoms with van der Waals surface area (Å²) in [5.74, 6) is -1.06. The van der Waals surface area contributed by atoms with Gasteiger partial charge >= 0.3 is 11.9 Å². The maximum absolute atomic E-state index is 13.5. The van der Waals surface area contributed by atoms with Gasteiger partial charge in [0.25, 0.3) is 0 Å². The van der Waals surface area contributed by atoms with Crippen molar-refractivity contribution in [2.75, 3.05) is 0 Å². The van der Waals surface area contributed by atoms with Gasteiger partial charge in [0, 0.05) is 0 Å². The second-order valence-electron chi connectivity index (χ2n) is 10.1. The van der Waals surface area contributed by atoms with Gasteiger partial charge in [-0.15, -0.1) is 0 Å². The average molecular weight is 489 g/mol. The molecule has 0 N–H and O–H groups in total. The van der Waals surface area contributed by atoms with Crippen LogP contribution in [0.4, 0.5) is 0 Å². The van der Waals surface area contributed by atoms with Crippen molar-refractivity contribution in [2.24, 2.45) is 5.92 Å². The summed E-state index contributed by atoms with van der Waals surface area (Å²) in [4.78, 5) is 26.9. The van der Waals surface area contributed by atoms with Crippen molar-refractivity contribution in [1.82, 2.24) is 0 Å². The number of carbonyl (C=O) groups excluding carboxylic acids is 2. The van der Waals surface area contributed by atoms with E-state index in [1.165, 1.54) is 0 Å². The topological polar surface area (TPSA) is 52.6 Å². The van der Waals surface area contributed by atoms with E-state index in [2.05, 4.69) is 38.1 Å². The average Bonchev–Trinajstić information content (AvgIpc) is 2.94. The third-order valence-corrected chi connectivity index (χ3v) is 7.97. The summed E-state index contributed by atoms with van der Waals surface area (Å²) in [7, 11) is 0. The Labute approximate surface area is 216 Å². The molecular formula is C33H28O4. The van der Waals surface area contributed by atoms with Crippen LogP contribution in [0.5, 0.6) is 0 Å². The summed E-state index contributed by atoms with van der Waals surface area (Å²) in [6, 6.07) is 34.6. The van der Waals surface area contributed by atoms with E-state index in [0.29, 0.717) is 11.1 Å². The molecule has 0 radical (unpaired) electrons. The highest BCUT2D eigenvalue weighted by molar-refractivity contribution is 5.91. The van der Waals surface area contributed by atoms with Gasteiger partial charge in [0.1, 0.15) is 0 Å². The van der Waals surface area contributed by atoms with Gasteiger partial charge < -0.3 is 9.47 Å². The molecule has 4 nitrogen and oxygen atoms in total. The van der Waals surface area contributed by atoms with Gasteiger partial charge in [-0.05, 0) is 52.4 Å². The molecule has 0 spiro atoms. The Hall–Kier alpha value is -4.18. The normalized spacial score (nSPS) is 23.2. The van der Waals surface area contributed by atoms with E-state index in [-0.39, 0.29) is 11.8 Å². The zero-order valence-corrected chi connectivity index (χ0v) is 20.8. The van der Waals surface area contributed by atoms with Gasteiger partial charge in [-0.3, -0.25) is 0 Å². The molecule has 3 aliphatic carbocycles. The molecule has 3 aliphatic rings. The second kappa shape index (κ2) is 9.04. The number of benzene rings is 4. The zero-order valence-electron chi connectivity index (χ0n) is 20.8. The second-order valence-corrected chi connectivity index (χ2v) is 10.1. The van der Waals surface area contributed by atoms with Gasteiger partial charge in [0.2, 0.25) is 0 Å². The summed E-state index contributed by atoms with van der Waals surface area (Å²) in [6.07, 6.45) is -1.39. The predicted molar refractivity (Wildman–Crippen MR) is 142 cm³/mol. The number of hydrogen-bond donors (Lipinski definition) is 0. The molecule has 2 unspecified atom stereocenters. The molecule has 37 heavy (non-hydrogen) atoms. The quantitative estimate of drug-likeness (QED) is 0.299. The lowest BCUT2D eigenvalue weighted by molar-refractivity contribution is -0.0854. The Balaban J connectivity index is 1.56. The van der Waals surface area contributed by atoms with Crippen LogP contribution in [0.25, 0.3) is 0 Å². The first-order chi connectivity index (χ1) is 18.0. The Morgan fingerprint density at radius 3 is 1.54 bits per heavy atom. The minimum Gasteiger partial charge on any atom is -0.454 e. The van der Waals surface area contributed by atoms with E-state index < -0.39 is 29.6 Å². The lowest BCUT2D eigenvalue weighted by Gasteiger charge is -2.58. The largest absolute Gasteiger partial charge is 0.454 e. The minimum atomic E-state index is -0.706. The predicted octanol–water partition coefficient (Wildman–Crippen LogP) is 6.54. The van der Waals surface area contributed by atoms with E-state index in [1.807, 2.05) is 60.7 Å². The zero-order chi connectivity index (χ0) is 25.6. The van der Waals surface area contributed by atoms with Crippen molar-refractivity contribution in [3.63, 3.8) is 0 Å². The SMILES string of the molecule is CC(C)[C@]12c3ccccc3[C@H](c3ccccc31)C(OC(=O)c1ccccc1)C2OC(=O)c1ccccc1. The van der Waals surface area contributed by atoms with Gasteiger partial charge in [-0.25, -0.2) is 9.59 Å². The summed E-state index contributed by atoms with van der Waals surface area (Å²) in [5, 5.41) is 0. The minimum absolute atomic E-state index is 0.0440. The number of esters is 2. The molecule has 0 fully saturated rings. The Morgan fingerprint density at radius 1 is 0.622 bits per heavy atom. The van der Waals surface area contributed by atoms with Crippen LogP contribution in [0, 0.1) is 5.92 Å². The molecular weight excluding hydrogens is 460 g/mol. The highest BCUT2D eigenvalue weighted by Crippen LogP contribution is 2.61. The van der Waals surface area contributed by atoms with Crippen molar-refractivity contribution in [3.05, 3.63) is 143 Å². The lowest BCUT2D eigenvalue weighted by Crippen LogP contribution is -2.63. The molecule has 2 bridgehead atoms. The van der Waals surface area contributed by atoms with Crippen molar-refractivity contribution in [1.29, 1.82) is 0 Å². The molecule has 7 rings (SSSR count). The summed E-state index contributed by atoms with van der Waals surface area (Å²) in [6.45, 7) is 4.30. The molecule has 0 aromatic heterocycles. The summed E-state index contributed by atoms with van der Waals surface area (Å²) in [5.41, 5.74) is 4.75. The van der Waals surface area contributed by atoms with Crippen molar-refractivity contribution in [3.8, 4) is 0 Å². The van der Waals surface area contributed by atoms with E-state index >= 15 is 0 Å². The van der Waals surface area contributed by atoms with E-state index in [0.717, 1.165) is 22.3 Å². The van der Waals surface area contributed by atoms with Crippen molar-refractivity contribution < 1.29 is 19.1 Å². The van der Waals surface area contributed by atoms with E-state index in [1.54, 1.807) is 24.3 Å². The van der Waals surface area contributed by atoms with Gasteiger partial charge in [0.05, 0.1) is 22.5 Å². The number of carbonyl (C=O) groups is 2. The Morgan fingerprint density at radius 2 is 1.05 bits per heavy atom. The van der Waals surface area contributed by atoms with Crippen LogP contribution < -0.4 is 0 Å². The van der Waals surface area contributed by atoms with Crippen molar-refractivity contribution in [2.45, 2.75) is 37.4 Å². The lowest BCUT2D eigenvalue weighted by atomic mass is 9.49. The number of ether oxygens (including phenoxy) is 2. The van der Waals surface area contributed by atoms with E-state index in [9.17, 15) is 9.59 Å². The molecule has 0 saturated heterocycles. The maximum atomic E-state index is 13.5. The summed E-state index contributed by atoms with van der Waals surface area (Å²) >= 11 is 0. The van der Waals surface area contributed by atoms with Gasteiger partial charge in [-0.1, -0.05) is 98.8 Å². The van der Waals surface area contributed by atoms with Crippen LogP contribution >= 0.6 is 0 Å². The maximum Gasteiger partial charge on any atom is 0.338 e. The monoisotopic (exact) mass is 488 g/mol. The first kappa shape index (κ1) is 23.2. The molecule has 184 valence electrons. The van der Waals surface area contributed by atoms with Crippen LogP contribution in [0.2, 0.25) is 0 Å². The first-order valence-corrected chi connectivity index (χ1v) is 12.7. The fraction of sp³-hybridized carbons (Fsp3) is 0.212. The van der Waals surface area contributed by atoms with Crippen LogP contribution in [0.3, 0.4) is 0 Å². The fourth-order valence-corrected chi connectivity index (χ4v) is 6.46. The van der Waals surface area contributed by atoms with E-state index in [4.69, 9.17) is 9.47 Å². The van der Waals surface area contributed by atoms with Crippen LogP contribution in [-0.4, -0.2) is 24.1 Å². The molecule has 0 amide bonds. The molecule has 4 aromatic rings. The molecule has 0 saturated carbocycles. The Bertz CT molecular complexity index is 1410. The number of hydrogen-bond acceptors (Lipinski definition) is 4. The molecule has 2 atom stereocenters. The van der Waals surface area contributed by atoms with Crippen LogP contribution in [0.15, 0.2) is 109 Å². The molecule has 0 aliphatic heterocycles. The Kier molecular flexibility index (Phi) is 5.68. The smallest absolute Gasteiger partial charge is 0.338 e. The molecule has 4 heteroatoms. The van der Waals surface area contributed by atoms with Gasteiger partial charge in [-0.2, -0.15) is 0 Å². The molecule has 0 heterocycles.